The Labute approximate surface area is 210 Å². The Morgan fingerprint density at radius 2 is 1.61 bits per heavy atom. The number of piperidine rings is 1. The number of carbonyl (C=O) groups is 3. The number of carbonyl (C=O) groups excluding carboxylic acids is 3. The van der Waals surface area contributed by atoms with Crippen LogP contribution in [0.4, 0.5) is 5.69 Å². The standard InChI is InChI=1S/C29H29N3O4/c33-27(30-23-9-5-2-6-10-23)19-32-15-13-24(14-16-32)31-28(34)21-11-12-25-22(17-21)18-26(36-29(25)35)20-7-3-1-4-8-20/h1-12,17,24,26H,13-16,18-19H2,(H,30,33)(H,31,34). The number of anilines is 1. The molecule has 0 aromatic heterocycles. The van der Waals surface area contributed by atoms with Crippen LogP contribution in [0.5, 0.6) is 0 Å². The van der Waals surface area contributed by atoms with Gasteiger partial charge in [0.05, 0.1) is 12.1 Å². The highest BCUT2D eigenvalue weighted by Gasteiger charge is 2.29. The van der Waals surface area contributed by atoms with Crippen molar-refractivity contribution in [3.05, 3.63) is 101 Å². The molecule has 1 atom stereocenters. The predicted octanol–water partition coefficient (Wildman–Crippen LogP) is 3.97. The number of rotatable bonds is 6. The number of nitrogens with one attached hydrogen (secondary N) is 2. The van der Waals surface area contributed by atoms with Crippen molar-refractivity contribution >= 4 is 23.5 Å². The van der Waals surface area contributed by atoms with E-state index in [0.29, 0.717) is 24.1 Å². The highest BCUT2D eigenvalue weighted by atomic mass is 16.5. The second-order valence-corrected chi connectivity index (χ2v) is 9.32. The third kappa shape index (κ3) is 5.63. The van der Waals surface area contributed by atoms with Gasteiger partial charge in [0.25, 0.3) is 5.91 Å². The fourth-order valence-corrected chi connectivity index (χ4v) is 4.82. The lowest BCUT2D eigenvalue weighted by Crippen LogP contribution is -2.46. The van der Waals surface area contributed by atoms with E-state index >= 15 is 0 Å². The summed E-state index contributed by atoms with van der Waals surface area (Å²) in [5.74, 6) is -0.543. The smallest absolute Gasteiger partial charge is 0.339 e. The molecule has 2 aliphatic heterocycles. The summed E-state index contributed by atoms with van der Waals surface area (Å²) in [4.78, 5) is 39.9. The van der Waals surface area contributed by atoms with Crippen molar-refractivity contribution < 1.29 is 19.1 Å². The first-order valence-electron chi connectivity index (χ1n) is 12.3. The molecule has 1 unspecified atom stereocenters. The monoisotopic (exact) mass is 483 g/mol. The number of benzene rings is 3. The number of cyclic esters (lactones) is 1. The zero-order valence-electron chi connectivity index (χ0n) is 20.0. The SMILES string of the molecule is O=C(CN1CCC(NC(=O)c2ccc3c(c2)CC(c2ccccc2)OC3=O)CC1)Nc1ccccc1. The van der Waals surface area contributed by atoms with Gasteiger partial charge in [-0.15, -0.1) is 0 Å². The average Bonchev–Trinajstić information content (AvgIpc) is 2.90. The number of hydrogen-bond donors (Lipinski definition) is 2. The summed E-state index contributed by atoms with van der Waals surface area (Å²) >= 11 is 0. The molecule has 5 rings (SSSR count). The van der Waals surface area contributed by atoms with Crippen LogP contribution in [0.25, 0.3) is 0 Å². The summed E-state index contributed by atoms with van der Waals surface area (Å²) in [6, 6.07) is 24.3. The van der Waals surface area contributed by atoms with Gasteiger partial charge in [-0.2, -0.15) is 0 Å². The van der Waals surface area contributed by atoms with Crippen LogP contribution in [-0.4, -0.2) is 48.4 Å². The largest absolute Gasteiger partial charge is 0.454 e. The third-order valence-electron chi connectivity index (χ3n) is 6.76. The molecule has 7 nitrogen and oxygen atoms in total. The van der Waals surface area contributed by atoms with Crippen molar-refractivity contribution in [3.63, 3.8) is 0 Å². The lowest BCUT2D eigenvalue weighted by Gasteiger charge is -2.32. The van der Waals surface area contributed by atoms with Crippen LogP contribution in [0.2, 0.25) is 0 Å². The molecule has 0 spiro atoms. The molecule has 2 N–H and O–H groups in total. The van der Waals surface area contributed by atoms with E-state index < -0.39 is 0 Å². The van der Waals surface area contributed by atoms with E-state index in [9.17, 15) is 14.4 Å². The van der Waals surface area contributed by atoms with Crippen LogP contribution < -0.4 is 10.6 Å². The minimum Gasteiger partial charge on any atom is -0.454 e. The molecule has 2 amide bonds. The van der Waals surface area contributed by atoms with Crippen molar-refractivity contribution in [3.8, 4) is 0 Å². The molecule has 3 aromatic rings. The first-order valence-corrected chi connectivity index (χ1v) is 12.3. The highest BCUT2D eigenvalue weighted by molar-refractivity contribution is 5.98. The summed E-state index contributed by atoms with van der Waals surface area (Å²) in [7, 11) is 0. The van der Waals surface area contributed by atoms with Gasteiger partial charge in [-0.1, -0.05) is 48.5 Å². The third-order valence-corrected chi connectivity index (χ3v) is 6.76. The van der Waals surface area contributed by atoms with E-state index in [0.717, 1.165) is 42.7 Å². The number of amides is 2. The van der Waals surface area contributed by atoms with Crippen LogP contribution in [0, 0.1) is 0 Å². The molecule has 1 saturated heterocycles. The van der Waals surface area contributed by atoms with Crippen molar-refractivity contribution in [1.82, 2.24) is 10.2 Å². The van der Waals surface area contributed by atoms with E-state index in [1.807, 2.05) is 66.7 Å². The molecule has 3 aromatic carbocycles. The molecule has 184 valence electrons. The predicted molar refractivity (Wildman–Crippen MR) is 137 cm³/mol. The van der Waals surface area contributed by atoms with E-state index in [1.165, 1.54) is 0 Å². The first kappa shape index (κ1) is 23.8. The maximum Gasteiger partial charge on any atom is 0.339 e. The van der Waals surface area contributed by atoms with Gasteiger partial charge in [-0.25, -0.2) is 4.79 Å². The van der Waals surface area contributed by atoms with Crippen LogP contribution in [0.3, 0.4) is 0 Å². The molecule has 2 heterocycles. The number of ether oxygens (including phenoxy) is 1. The molecule has 0 radical (unpaired) electrons. The van der Waals surface area contributed by atoms with Crippen LogP contribution in [0.15, 0.2) is 78.9 Å². The zero-order chi connectivity index (χ0) is 24.9. The number of esters is 1. The number of nitrogens with zero attached hydrogens (tertiary/aromatic N) is 1. The number of likely N-dealkylation sites (tertiary alicyclic amines) is 1. The Balaban J connectivity index is 1.14. The fraction of sp³-hybridized carbons (Fsp3) is 0.276. The Hall–Kier alpha value is -3.97. The molecule has 0 bridgehead atoms. The molecule has 2 aliphatic rings. The minimum atomic E-state index is -0.360. The maximum atomic E-state index is 13.0. The van der Waals surface area contributed by atoms with Crippen LogP contribution in [-0.2, 0) is 16.0 Å². The minimum absolute atomic E-state index is 0.0370. The normalized spacial score (nSPS) is 18.1. The van der Waals surface area contributed by atoms with E-state index in [2.05, 4.69) is 15.5 Å². The van der Waals surface area contributed by atoms with Gasteiger partial charge in [-0.05, 0) is 54.3 Å². The number of fused-ring (bicyclic) bond motifs is 1. The Morgan fingerprint density at radius 1 is 0.917 bits per heavy atom. The molecule has 0 aliphatic carbocycles. The fourth-order valence-electron chi connectivity index (χ4n) is 4.82. The molecular formula is C29H29N3O4. The zero-order valence-corrected chi connectivity index (χ0v) is 20.0. The number of para-hydroxylation sites is 1. The van der Waals surface area contributed by atoms with E-state index in [4.69, 9.17) is 4.74 Å². The van der Waals surface area contributed by atoms with Crippen molar-refractivity contribution in [2.24, 2.45) is 0 Å². The summed E-state index contributed by atoms with van der Waals surface area (Å²) in [6.07, 6.45) is 1.73. The summed E-state index contributed by atoms with van der Waals surface area (Å²) in [5.41, 5.74) is 3.61. The van der Waals surface area contributed by atoms with Gasteiger partial charge >= 0.3 is 5.97 Å². The molecule has 36 heavy (non-hydrogen) atoms. The van der Waals surface area contributed by atoms with Crippen molar-refractivity contribution in [1.29, 1.82) is 0 Å². The lowest BCUT2D eigenvalue weighted by atomic mass is 9.93. The van der Waals surface area contributed by atoms with Crippen molar-refractivity contribution in [2.45, 2.75) is 31.4 Å². The van der Waals surface area contributed by atoms with Gasteiger partial charge in [0, 0.05) is 36.8 Å². The van der Waals surface area contributed by atoms with Gasteiger partial charge in [0.15, 0.2) is 0 Å². The summed E-state index contributed by atoms with van der Waals surface area (Å²) < 4.78 is 5.62. The number of hydrogen-bond acceptors (Lipinski definition) is 5. The van der Waals surface area contributed by atoms with Crippen LogP contribution >= 0.6 is 0 Å². The Kier molecular flexibility index (Phi) is 7.09. The van der Waals surface area contributed by atoms with Gasteiger partial charge in [-0.3, -0.25) is 14.5 Å². The molecule has 0 saturated carbocycles. The second-order valence-electron chi connectivity index (χ2n) is 9.32. The van der Waals surface area contributed by atoms with E-state index in [-0.39, 0.29) is 29.9 Å². The van der Waals surface area contributed by atoms with Gasteiger partial charge in [0.1, 0.15) is 6.10 Å². The lowest BCUT2D eigenvalue weighted by molar-refractivity contribution is -0.117. The Bertz CT molecular complexity index is 1240. The molecular weight excluding hydrogens is 454 g/mol. The molecule has 1 fully saturated rings. The van der Waals surface area contributed by atoms with Crippen molar-refractivity contribution in [2.75, 3.05) is 25.0 Å². The second kappa shape index (κ2) is 10.7. The summed E-state index contributed by atoms with van der Waals surface area (Å²) in [5, 5.41) is 6.04. The maximum absolute atomic E-state index is 13.0. The topological polar surface area (TPSA) is 87.7 Å². The van der Waals surface area contributed by atoms with Gasteiger partial charge < -0.3 is 15.4 Å². The average molecular weight is 484 g/mol. The quantitative estimate of drug-likeness (QED) is 0.518. The molecule has 7 heteroatoms. The van der Waals surface area contributed by atoms with E-state index in [1.54, 1.807) is 12.1 Å². The van der Waals surface area contributed by atoms with Gasteiger partial charge in [0.2, 0.25) is 5.91 Å². The van der Waals surface area contributed by atoms with Crippen LogP contribution in [0.1, 0.15) is 50.8 Å². The summed E-state index contributed by atoms with van der Waals surface area (Å²) in [6.45, 7) is 1.81. The first-order chi connectivity index (χ1) is 17.5. The Morgan fingerprint density at radius 3 is 2.33 bits per heavy atom. The highest BCUT2D eigenvalue weighted by Crippen LogP contribution is 2.31.